The standard InChI is InChI=1S/C18H19NO4/c1-12-3-5-15(6-4-12)18(21)23-13(2)11-22-17(20)14-7-9-16(19)10-8-14/h3-10,13H,11,19H2,1-2H3. The van der Waals surface area contributed by atoms with Gasteiger partial charge in [0.1, 0.15) is 12.7 Å². The summed E-state index contributed by atoms with van der Waals surface area (Å²) in [6, 6.07) is 13.5. The van der Waals surface area contributed by atoms with Crippen molar-refractivity contribution in [3.63, 3.8) is 0 Å². The predicted octanol–water partition coefficient (Wildman–Crippen LogP) is 2.98. The van der Waals surface area contributed by atoms with Crippen molar-refractivity contribution < 1.29 is 19.1 Å². The van der Waals surface area contributed by atoms with Gasteiger partial charge in [-0.15, -0.1) is 0 Å². The molecule has 0 aliphatic carbocycles. The molecular formula is C18H19NO4. The van der Waals surface area contributed by atoms with E-state index in [0.717, 1.165) is 5.56 Å². The van der Waals surface area contributed by atoms with Gasteiger partial charge in [0.25, 0.3) is 0 Å². The zero-order valence-corrected chi connectivity index (χ0v) is 13.1. The van der Waals surface area contributed by atoms with Crippen LogP contribution in [0.25, 0.3) is 0 Å². The molecule has 2 N–H and O–H groups in total. The molecule has 0 bridgehead atoms. The number of nitrogens with two attached hydrogens (primary N) is 1. The minimum Gasteiger partial charge on any atom is -0.458 e. The molecule has 0 fully saturated rings. The van der Waals surface area contributed by atoms with Crippen LogP contribution in [-0.2, 0) is 9.47 Å². The van der Waals surface area contributed by atoms with E-state index in [1.165, 1.54) is 0 Å². The van der Waals surface area contributed by atoms with Crippen LogP contribution in [0.3, 0.4) is 0 Å². The van der Waals surface area contributed by atoms with E-state index in [9.17, 15) is 9.59 Å². The Bertz CT molecular complexity index is 677. The SMILES string of the molecule is Cc1ccc(C(=O)OC(C)COC(=O)c2ccc(N)cc2)cc1. The molecule has 5 nitrogen and oxygen atoms in total. The molecule has 2 rings (SSSR count). The minimum atomic E-state index is -0.540. The molecule has 0 saturated heterocycles. The first-order valence-electron chi connectivity index (χ1n) is 7.26. The highest BCUT2D eigenvalue weighted by Crippen LogP contribution is 2.09. The van der Waals surface area contributed by atoms with Crippen molar-refractivity contribution >= 4 is 17.6 Å². The smallest absolute Gasteiger partial charge is 0.338 e. The highest BCUT2D eigenvalue weighted by atomic mass is 16.6. The van der Waals surface area contributed by atoms with E-state index >= 15 is 0 Å². The molecule has 1 unspecified atom stereocenters. The molecule has 0 heterocycles. The molecule has 0 amide bonds. The number of benzene rings is 2. The second-order valence-corrected chi connectivity index (χ2v) is 5.30. The zero-order valence-electron chi connectivity index (χ0n) is 13.1. The summed E-state index contributed by atoms with van der Waals surface area (Å²) in [5.41, 5.74) is 8.06. The molecule has 0 saturated carbocycles. The third kappa shape index (κ3) is 4.85. The van der Waals surface area contributed by atoms with Gasteiger partial charge in [-0.25, -0.2) is 9.59 Å². The lowest BCUT2D eigenvalue weighted by Crippen LogP contribution is -2.22. The van der Waals surface area contributed by atoms with Crippen LogP contribution < -0.4 is 5.73 Å². The highest BCUT2D eigenvalue weighted by molar-refractivity contribution is 5.90. The van der Waals surface area contributed by atoms with Crippen molar-refractivity contribution in [1.82, 2.24) is 0 Å². The Hall–Kier alpha value is -2.82. The molecule has 0 aliphatic rings. The van der Waals surface area contributed by atoms with E-state index in [1.807, 2.05) is 19.1 Å². The van der Waals surface area contributed by atoms with Gasteiger partial charge in [-0.2, -0.15) is 0 Å². The Labute approximate surface area is 135 Å². The average Bonchev–Trinajstić information content (AvgIpc) is 2.54. The first kappa shape index (κ1) is 16.5. The molecule has 0 radical (unpaired) electrons. The molecule has 0 spiro atoms. The third-order valence-electron chi connectivity index (χ3n) is 3.19. The summed E-state index contributed by atoms with van der Waals surface area (Å²) in [4.78, 5) is 23.8. The zero-order chi connectivity index (χ0) is 16.8. The second-order valence-electron chi connectivity index (χ2n) is 5.30. The van der Waals surface area contributed by atoms with Crippen LogP contribution in [0.1, 0.15) is 33.2 Å². The summed E-state index contributed by atoms with van der Waals surface area (Å²) >= 11 is 0. The van der Waals surface area contributed by atoms with E-state index in [2.05, 4.69) is 0 Å². The van der Waals surface area contributed by atoms with Crippen LogP contribution in [0.2, 0.25) is 0 Å². The number of carbonyl (C=O) groups is 2. The number of aryl methyl sites for hydroxylation is 1. The summed E-state index contributed by atoms with van der Waals surface area (Å²) in [5.74, 6) is -0.927. The topological polar surface area (TPSA) is 78.6 Å². The first-order valence-corrected chi connectivity index (χ1v) is 7.26. The van der Waals surface area contributed by atoms with Crippen LogP contribution >= 0.6 is 0 Å². The van der Waals surface area contributed by atoms with Gasteiger partial charge < -0.3 is 15.2 Å². The van der Waals surface area contributed by atoms with Crippen molar-refractivity contribution in [2.24, 2.45) is 0 Å². The summed E-state index contributed by atoms with van der Waals surface area (Å²) in [5, 5.41) is 0. The minimum absolute atomic E-state index is 0.0131. The van der Waals surface area contributed by atoms with E-state index < -0.39 is 18.0 Å². The summed E-state index contributed by atoms with van der Waals surface area (Å²) in [6.07, 6.45) is -0.540. The number of carbonyl (C=O) groups excluding carboxylic acids is 2. The number of rotatable bonds is 5. The van der Waals surface area contributed by atoms with Crippen molar-refractivity contribution in [3.05, 3.63) is 65.2 Å². The Balaban J connectivity index is 1.83. The number of anilines is 1. The monoisotopic (exact) mass is 313 g/mol. The molecule has 2 aromatic carbocycles. The summed E-state index contributed by atoms with van der Waals surface area (Å²) < 4.78 is 10.4. The van der Waals surface area contributed by atoms with Gasteiger partial charge in [0, 0.05) is 5.69 Å². The molecule has 0 aliphatic heterocycles. The van der Waals surface area contributed by atoms with Crippen LogP contribution in [0.15, 0.2) is 48.5 Å². The molecule has 1 atom stereocenters. The summed E-state index contributed by atoms with van der Waals surface area (Å²) in [7, 11) is 0. The Morgan fingerprint density at radius 3 is 2.09 bits per heavy atom. The van der Waals surface area contributed by atoms with Crippen molar-refractivity contribution in [3.8, 4) is 0 Å². The maximum Gasteiger partial charge on any atom is 0.338 e. The first-order chi connectivity index (χ1) is 11.0. The van der Waals surface area contributed by atoms with E-state index in [-0.39, 0.29) is 6.61 Å². The van der Waals surface area contributed by atoms with Crippen LogP contribution in [0.4, 0.5) is 5.69 Å². The fourth-order valence-corrected chi connectivity index (χ4v) is 1.87. The van der Waals surface area contributed by atoms with E-state index in [1.54, 1.807) is 43.3 Å². The van der Waals surface area contributed by atoms with Gasteiger partial charge >= 0.3 is 11.9 Å². The normalized spacial score (nSPS) is 11.6. The lowest BCUT2D eigenvalue weighted by molar-refractivity contribution is 0.00448. The highest BCUT2D eigenvalue weighted by Gasteiger charge is 2.14. The fourth-order valence-electron chi connectivity index (χ4n) is 1.87. The number of hydrogen-bond acceptors (Lipinski definition) is 5. The maximum absolute atomic E-state index is 11.9. The van der Waals surface area contributed by atoms with E-state index in [4.69, 9.17) is 15.2 Å². The van der Waals surface area contributed by atoms with Gasteiger partial charge in [0.15, 0.2) is 0 Å². The fraction of sp³-hybridized carbons (Fsp3) is 0.222. The molecular weight excluding hydrogens is 294 g/mol. The number of nitrogen functional groups attached to an aromatic ring is 1. The molecule has 2 aromatic rings. The van der Waals surface area contributed by atoms with Gasteiger partial charge in [0.2, 0.25) is 0 Å². The number of ether oxygens (including phenoxy) is 2. The van der Waals surface area contributed by atoms with Gasteiger partial charge in [-0.1, -0.05) is 17.7 Å². The van der Waals surface area contributed by atoms with Crippen molar-refractivity contribution in [2.75, 3.05) is 12.3 Å². The number of hydrogen-bond donors (Lipinski definition) is 1. The van der Waals surface area contributed by atoms with Crippen molar-refractivity contribution in [1.29, 1.82) is 0 Å². The maximum atomic E-state index is 11.9. The second kappa shape index (κ2) is 7.45. The van der Waals surface area contributed by atoms with Crippen LogP contribution in [0, 0.1) is 6.92 Å². The third-order valence-corrected chi connectivity index (χ3v) is 3.19. The molecule has 120 valence electrons. The molecule has 23 heavy (non-hydrogen) atoms. The summed E-state index contributed by atoms with van der Waals surface area (Å²) in [6.45, 7) is 3.59. The lowest BCUT2D eigenvalue weighted by atomic mass is 10.1. The lowest BCUT2D eigenvalue weighted by Gasteiger charge is -2.14. The predicted molar refractivity (Wildman–Crippen MR) is 87.2 cm³/mol. The Morgan fingerprint density at radius 2 is 1.48 bits per heavy atom. The van der Waals surface area contributed by atoms with E-state index in [0.29, 0.717) is 16.8 Å². The average molecular weight is 313 g/mol. The van der Waals surface area contributed by atoms with Gasteiger partial charge in [-0.3, -0.25) is 0 Å². The van der Waals surface area contributed by atoms with Gasteiger partial charge in [-0.05, 0) is 50.2 Å². The van der Waals surface area contributed by atoms with Crippen molar-refractivity contribution in [2.45, 2.75) is 20.0 Å². The Kier molecular flexibility index (Phi) is 5.36. The van der Waals surface area contributed by atoms with Crippen LogP contribution in [0.5, 0.6) is 0 Å². The van der Waals surface area contributed by atoms with Gasteiger partial charge in [0.05, 0.1) is 11.1 Å². The molecule has 0 aromatic heterocycles. The molecule has 5 heteroatoms. The largest absolute Gasteiger partial charge is 0.458 e. The Morgan fingerprint density at radius 1 is 0.957 bits per heavy atom. The quantitative estimate of drug-likeness (QED) is 0.678. The van der Waals surface area contributed by atoms with Crippen LogP contribution in [-0.4, -0.2) is 24.6 Å². The number of esters is 2.